The summed E-state index contributed by atoms with van der Waals surface area (Å²) in [7, 11) is 1.50. The molecular weight excluding hydrogens is 219 g/mol. The third kappa shape index (κ3) is 1.61. The van der Waals surface area contributed by atoms with E-state index in [1.54, 1.807) is 6.92 Å². The molecule has 0 aliphatic heterocycles. The van der Waals surface area contributed by atoms with Gasteiger partial charge in [0.05, 0.1) is 0 Å². The Morgan fingerprint density at radius 1 is 1.50 bits per heavy atom. The van der Waals surface area contributed by atoms with Crippen molar-refractivity contribution in [3.8, 4) is 0 Å². The molecule has 1 aliphatic rings. The van der Waals surface area contributed by atoms with E-state index in [-0.39, 0.29) is 11.6 Å². The van der Waals surface area contributed by atoms with Crippen molar-refractivity contribution in [1.29, 1.82) is 0 Å². The fourth-order valence-electron chi connectivity index (χ4n) is 2.17. The van der Waals surface area contributed by atoms with Crippen LogP contribution in [-0.2, 0) is 18.6 Å². The molecule has 0 bridgehead atoms. The Morgan fingerprint density at radius 2 is 2.06 bits per heavy atom. The first-order chi connectivity index (χ1) is 7.27. The number of aromatic nitrogens is 2. The van der Waals surface area contributed by atoms with Crippen LogP contribution in [0.2, 0.25) is 0 Å². The second kappa shape index (κ2) is 3.23. The van der Waals surface area contributed by atoms with Gasteiger partial charge in [0.2, 0.25) is 0 Å². The zero-order valence-corrected chi connectivity index (χ0v) is 9.17. The molecule has 2 N–H and O–H groups in total. The Balaban J connectivity index is 2.50. The zero-order chi connectivity index (χ0) is 12.1. The van der Waals surface area contributed by atoms with Crippen molar-refractivity contribution in [3.63, 3.8) is 0 Å². The number of hydrogen-bond donors (Lipinski definition) is 1. The highest BCUT2D eigenvalue weighted by Gasteiger charge is 2.53. The third-order valence-corrected chi connectivity index (χ3v) is 3.29. The summed E-state index contributed by atoms with van der Waals surface area (Å²) in [6.45, 7) is 1.75. The normalized spacial score (nSPS) is 20.9. The number of hydrogen-bond acceptors (Lipinski definition) is 2. The summed E-state index contributed by atoms with van der Waals surface area (Å²) in [5, 5.41) is 3.51. The first kappa shape index (κ1) is 11.4. The van der Waals surface area contributed by atoms with Crippen LogP contribution in [-0.4, -0.2) is 15.8 Å². The average Bonchev–Trinajstić information content (AvgIpc) is 2.83. The maximum atomic E-state index is 12.8. The van der Waals surface area contributed by atoms with Crippen molar-refractivity contribution in [1.82, 2.24) is 9.78 Å². The Labute approximate surface area is 91.4 Å². The molecule has 1 saturated carbocycles. The summed E-state index contributed by atoms with van der Waals surface area (Å²) in [6.07, 6.45) is -1.54. The summed E-state index contributed by atoms with van der Waals surface area (Å²) in [6, 6.07) is -0.280. The molecule has 1 heterocycles. The maximum absolute atomic E-state index is 12.8. The zero-order valence-electron chi connectivity index (χ0n) is 9.17. The van der Waals surface area contributed by atoms with E-state index in [1.165, 1.54) is 17.9 Å². The molecule has 1 unspecified atom stereocenters. The topological polar surface area (TPSA) is 43.8 Å². The molecule has 0 amide bonds. The van der Waals surface area contributed by atoms with Crippen molar-refractivity contribution in [2.45, 2.75) is 37.4 Å². The standard InChI is InChI=1S/C10H14F3N3/c1-6(14)9(3-4-9)7-5-16(2)15-8(7)10(11,12)13/h5-6H,3-4,14H2,1-2H3. The van der Waals surface area contributed by atoms with Gasteiger partial charge in [-0.3, -0.25) is 4.68 Å². The lowest BCUT2D eigenvalue weighted by Gasteiger charge is -2.20. The van der Waals surface area contributed by atoms with E-state index >= 15 is 0 Å². The molecule has 1 atom stereocenters. The second-order valence-electron chi connectivity index (χ2n) is 4.51. The van der Waals surface area contributed by atoms with Gasteiger partial charge in [-0.2, -0.15) is 18.3 Å². The van der Waals surface area contributed by atoms with Crippen molar-refractivity contribution >= 4 is 0 Å². The van der Waals surface area contributed by atoms with E-state index in [9.17, 15) is 13.2 Å². The van der Waals surface area contributed by atoms with Gasteiger partial charge in [0.25, 0.3) is 0 Å². The number of nitrogens with zero attached hydrogens (tertiary/aromatic N) is 2. The predicted molar refractivity (Wildman–Crippen MR) is 52.8 cm³/mol. The van der Waals surface area contributed by atoms with Crippen LogP contribution in [0.25, 0.3) is 0 Å². The summed E-state index contributed by atoms with van der Waals surface area (Å²) in [5.74, 6) is 0. The minimum atomic E-state index is -4.40. The molecular formula is C10H14F3N3. The number of aryl methyl sites for hydroxylation is 1. The van der Waals surface area contributed by atoms with Crippen molar-refractivity contribution in [3.05, 3.63) is 17.5 Å². The van der Waals surface area contributed by atoms with Crippen LogP contribution in [0.15, 0.2) is 6.20 Å². The molecule has 1 aromatic rings. The molecule has 0 aromatic carbocycles. The van der Waals surface area contributed by atoms with E-state index < -0.39 is 17.3 Å². The van der Waals surface area contributed by atoms with Gasteiger partial charge < -0.3 is 5.73 Å². The molecule has 1 aromatic heterocycles. The van der Waals surface area contributed by atoms with Crippen LogP contribution in [0.1, 0.15) is 31.0 Å². The maximum Gasteiger partial charge on any atom is 0.435 e. The van der Waals surface area contributed by atoms with E-state index in [0.717, 1.165) is 0 Å². The average molecular weight is 233 g/mol. The molecule has 0 saturated heterocycles. The molecule has 0 spiro atoms. The molecule has 16 heavy (non-hydrogen) atoms. The highest BCUT2D eigenvalue weighted by Crippen LogP contribution is 2.53. The first-order valence-electron chi connectivity index (χ1n) is 5.14. The lowest BCUT2D eigenvalue weighted by Crippen LogP contribution is -2.33. The van der Waals surface area contributed by atoms with Gasteiger partial charge in [-0.1, -0.05) is 0 Å². The number of halogens is 3. The van der Waals surface area contributed by atoms with Crippen LogP contribution in [0.5, 0.6) is 0 Å². The first-order valence-corrected chi connectivity index (χ1v) is 5.14. The Kier molecular flexibility index (Phi) is 2.31. The van der Waals surface area contributed by atoms with Gasteiger partial charge in [-0.05, 0) is 19.8 Å². The Bertz CT molecular complexity index is 402. The SMILES string of the molecule is CC(N)C1(c2cn(C)nc2C(F)(F)F)CC1. The Morgan fingerprint density at radius 3 is 2.44 bits per heavy atom. The van der Waals surface area contributed by atoms with Crippen molar-refractivity contribution < 1.29 is 13.2 Å². The van der Waals surface area contributed by atoms with Crippen molar-refractivity contribution in [2.24, 2.45) is 12.8 Å². The van der Waals surface area contributed by atoms with Gasteiger partial charge in [0, 0.05) is 30.3 Å². The van der Waals surface area contributed by atoms with Crippen molar-refractivity contribution in [2.75, 3.05) is 0 Å². The van der Waals surface area contributed by atoms with Crippen LogP contribution >= 0.6 is 0 Å². The number of nitrogens with two attached hydrogens (primary N) is 1. The smallest absolute Gasteiger partial charge is 0.327 e. The molecule has 3 nitrogen and oxygen atoms in total. The minimum Gasteiger partial charge on any atom is -0.327 e. The van der Waals surface area contributed by atoms with Gasteiger partial charge in [-0.25, -0.2) is 0 Å². The van der Waals surface area contributed by atoms with Gasteiger partial charge in [0.1, 0.15) is 0 Å². The summed E-state index contributed by atoms with van der Waals surface area (Å²) in [4.78, 5) is 0. The molecule has 0 radical (unpaired) electrons. The van der Waals surface area contributed by atoms with Crippen LogP contribution in [0.3, 0.4) is 0 Å². The molecule has 2 rings (SSSR count). The fourth-order valence-corrected chi connectivity index (χ4v) is 2.17. The lowest BCUT2D eigenvalue weighted by atomic mass is 9.89. The largest absolute Gasteiger partial charge is 0.435 e. The van der Waals surface area contributed by atoms with E-state index in [1.807, 2.05) is 0 Å². The molecule has 6 heteroatoms. The minimum absolute atomic E-state index is 0.248. The number of rotatable bonds is 2. The third-order valence-electron chi connectivity index (χ3n) is 3.29. The van der Waals surface area contributed by atoms with E-state index in [0.29, 0.717) is 12.8 Å². The van der Waals surface area contributed by atoms with Gasteiger partial charge in [-0.15, -0.1) is 0 Å². The second-order valence-corrected chi connectivity index (χ2v) is 4.51. The lowest BCUT2D eigenvalue weighted by molar-refractivity contribution is -0.142. The Hall–Kier alpha value is -1.04. The fraction of sp³-hybridized carbons (Fsp3) is 0.700. The summed E-state index contributed by atoms with van der Waals surface area (Å²) >= 11 is 0. The summed E-state index contributed by atoms with van der Waals surface area (Å²) < 4.78 is 39.5. The van der Waals surface area contributed by atoms with Gasteiger partial charge >= 0.3 is 6.18 Å². The van der Waals surface area contributed by atoms with E-state index in [2.05, 4.69) is 5.10 Å². The van der Waals surface area contributed by atoms with Crippen LogP contribution in [0, 0.1) is 0 Å². The highest BCUT2D eigenvalue weighted by atomic mass is 19.4. The van der Waals surface area contributed by atoms with E-state index in [4.69, 9.17) is 5.73 Å². The van der Waals surface area contributed by atoms with Crippen LogP contribution in [0.4, 0.5) is 13.2 Å². The predicted octanol–water partition coefficient (Wildman–Crippen LogP) is 1.82. The molecule has 1 fully saturated rings. The summed E-state index contributed by atoms with van der Waals surface area (Å²) in [5.41, 5.74) is 4.73. The molecule has 90 valence electrons. The number of alkyl halides is 3. The molecule has 1 aliphatic carbocycles. The quantitative estimate of drug-likeness (QED) is 0.846. The highest BCUT2D eigenvalue weighted by molar-refractivity contribution is 5.37. The van der Waals surface area contributed by atoms with Gasteiger partial charge in [0.15, 0.2) is 5.69 Å². The van der Waals surface area contributed by atoms with Crippen LogP contribution < -0.4 is 5.73 Å². The monoisotopic (exact) mass is 233 g/mol.